The van der Waals surface area contributed by atoms with Crippen LogP contribution < -0.4 is 0 Å². The zero-order valence-electron chi connectivity index (χ0n) is 20.8. The third-order valence-electron chi connectivity index (χ3n) is 9.50. The van der Waals surface area contributed by atoms with E-state index in [0.717, 1.165) is 35.5 Å². The summed E-state index contributed by atoms with van der Waals surface area (Å²) in [6, 6.07) is 0. The fourth-order valence-electron chi connectivity index (χ4n) is 7.39. The van der Waals surface area contributed by atoms with Gasteiger partial charge in [0.2, 0.25) is 0 Å². The molecule has 0 aromatic carbocycles. The average Bonchev–Trinajstić information content (AvgIpc) is 2.79. The normalized spacial score (nSPS) is 35.7. The van der Waals surface area contributed by atoms with Crippen molar-refractivity contribution in [2.45, 2.75) is 142 Å². The molecule has 30 heavy (non-hydrogen) atoms. The predicted octanol–water partition coefficient (Wildman–Crippen LogP) is 10.1. The zero-order valence-corrected chi connectivity index (χ0v) is 20.8. The Morgan fingerprint density at radius 3 is 1.33 bits per heavy atom. The van der Waals surface area contributed by atoms with Gasteiger partial charge in [0.25, 0.3) is 0 Å². The standard InChI is InChI=1S/C30H54/c1-3-5-6-10-27-17-21-29(22-18-27)30-23-19-28(20-24-30)12-8-7-11-26-15-13-25(9-4-2)14-16-26/h4,9,25-30H,3,5-8,10-24H2,1-2H3. The van der Waals surface area contributed by atoms with Gasteiger partial charge in [0.15, 0.2) is 0 Å². The largest absolute Gasteiger partial charge is 0.0914 e. The maximum absolute atomic E-state index is 2.45. The van der Waals surface area contributed by atoms with Crippen molar-refractivity contribution in [1.82, 2.24) is 0 Å². The van der Waals surface area contributed by atoms with E-state index < -0.39 is 0 Å². The van der Waals surface area contributed by atoms with E-state index in [0.29, 0.717) is 0 Å². The van der Waals surface area contributed by atoms with Crippen LogP contribution in [0, 0.1) is 35.5 Å². The first-order chi connectivity index (χ1) is 14.8. The van der Waals surface area contributed by atoms with Gasteiger partial charge in [-0.25, -0.2) is 0 Å². The second-order valence-corrected chi connectivity index (χ2v) is 11.6. The highest BCUT2D eigenvalue weighted by Crippen LogP contribution is 2.43. The van der Waals surface area contributed by atoms with Gasteiger partial charge in [-0.2, -0.15) is 0 Å². The van der Waals surface area contributed by atoms with E-state index in [9.17, 15) is 0 Å². The fourth-order valence-corrected chi connectivity index (χ4v) is 7.39. The molecule has 0 unspecified atom stereocenters. The first-order valence-electron chi connectivity index (χ1n) is 14.4. The predicted molar refractivity (Wildman–Crippen MR) is 134 cm³/mol. The summed E-state index contributed by atoms with van der Waals surface area (Å²) in [5.74, 6) is 6.33. The van der Waals surface area contributed by atoms with Crippen molar-refractivity contribution in [2.24, 2.45) is 35.5 Å². The van der Waals surface area contributed by atoms with Crippen molar-refractivity contribution < 1.29 is 0 Å². The summed E-state index contributed by atoms with van der Waals surface area (Å²) in [4.78, 5) is 0. The summed E-state index contributed by atoms with van der Waals surface area (Å²) in [6.07, 6.45) is 35.2. The SMILES string of the molecule is CC=CC1CCC(CCCCC2CCC(C3CCC(CCCCC)CC3)CC2)CC1. The molecule has 3 aliphatic carbocycles. The van der Waals surface area contributed by atoms with Crippen molar-refractivity contribution in [3.05, 3.63) is 12.2 Å². The molecule has 0 aliphatic heterocycles. The number of allylic oxidation sites excluding steroid dienone is 2. The molecule has 0 spiro atoms. The van der Waals surface area contributed by atoms with Crippen LogP contribution >= 0.6 is 0 Å². The minimum Gasteiger partial charge on any atom is -0.0914 e. The summed E-state index contributed by atoms with van der Waals surface area (Å²) >= 11 is 0. The minimum absolute atomic E-state index is 0.901. The molecule has 3 aliphatic rings. The molecule has 3 saturated carbocycles. The molecule has 0 aromatic rings. The summed E-state index contributed by atoms with van der Waals surface area (Å²) in [5.41, 5.74) is 0. The van der Waals surface area contributed by atoms with Gasteiger partial charge in [-0.1, -0.05) is 96.1 Å². The summed E-state index contributed by atoms with van der Waals surface area (Å²) < 4.78 is 0. The van der Waals surface area contributed by atoms with Crippen LogP contribution in [-0.2, 0) is 0 Å². The van der Waals surface area contributed by atoms with Gasteiger partial charge in [0, 0.05) is 0 Å². The van der Waals surface area contributed by atoms with Crippen LogP contribution in [0.25, 0.3) is 0 Å². The molecule has 0 radical (unpaired) electrons. The molecule has 0 atom stereocenters. The lowest BCUT2D eigenvalue weighted by atomic mass is 9.68. The van der Waals surface area contributed by atoms with Crippen LogP contribution in [-0.4, -0.2) is 0 Å². The summed E-state index contributed by atoms with van der Waals surface area (Å²) in [5, 5.41) is 0. The minimum atomic E-state index is 0.901. The second kappa shape index (κ2) is 14.0. The first kappa shape index (κ1) is 24.4. The van der Waals surface area contributed by atoms with Crippen molar-refractivity contribution in [3.8, 4) is 0 Å². The smallest absolute Gasteiger partial charge is 0.0233 e. The Balaban J connectivity index is 1.20. The Morgan fingerprint density at radius 1 is 0.533 bits per heavy atom. The second-order valence-electron chi connectivity index (χ2n) is 11.6. The quantitative estimate of drug-likeness (QED) is 0.233. The molecule has 0 nitrogen and oxygen atoms in total. The molecular formula is C30H54. The van der Waals surface area contributed by atoms with E-state index in [-0.39, 0.29) is 0 Å². The Hall–Kier alpha value is -0.260. The lowest BCUT2D eigenvalue weighted by Gasteiger charge is -2.38. The maximum atomic E-state index is 2.45. The zero-order chi connectivity index (χ0) is 21.0. The van der Waals surface area contributed by atoms with E-state index in [1.807, 2.05) is 0 Å². The Kier molecular flexibility index (Phi) is 11.4. The van der Waals surface area contributed by atoms with Crippen molar-refractivity contribution in [3.63, 3.8) is 0 Å². The topological polar surface area (TPSA) is 0 Å². The Labute approximate surface area is 190 Å². The number of hydrogen-bond acceptors (Lipinski definition) is 0. The van der Waals surface area contributed by atoms with Crippen molar-refractivity contribution in [1.29, 1.82) is 0 Å². The van der Waals surface area contributed by atoms with Crippen molar-refractivity contribution in [2.75, 3.05) is 0 Å². The molecule has 0 heterocycles. The third-order valence-corrected chi connectivity index (χ3v) is 9.50. The van der Waals surface area contributed by atoms with Crippen LogP contribution in [0.4, 0.5) is 0 Å². The Bertz CT molecular complexity index is 439. The molecule has 174 valence electrons. The van der Waals surface area contributed by atoms with E-state index in [1.165, 1.54) is 70.6 Å². The van der Waals surface area contributed by atoms with E-state index in [4.69, 9.17) is 0 Å². The molecule has 3 rings (SSSR count). The van der Waals surface area contributed by atoms with Crippen LogP contribution in [0.15, 0.2) is 12.2 Å². The molecule has 0 bridgehead atoms. The van der Waals surface area contributed by atoms with Crippen LogP contribution in [0.2, 0.25) is 0 Å². The van der Waals surface area contributed by atoms with Gasteiger partial charge in [-0.15, -0.1) is 0 Å². The highest BCUT2D eigenvalue weighted by molar-refractivity contribution is 4.89. The molecule has 3 fully saturated rings. The number of hydrogen-bond donors (Lipinski definition) is 0. The summed E-state index contributed by atoms with van der Waals surface area (Å²) in [6.45, 7) is 4.52. The third kappa shape index (κ3) is 8.35. The highest BCUT2D eigenvalue weighted by atomic mass is 14.4. The average molecular weight is 415 g/mol. The number of rotatable bonds is 11. The first-order valence-corrected chi connectivity index (χ1v) is 14.4. The summed E-state index contributed by atoms with van der Waals surface area (Å²) in [7, 11) is 0. The molecule has 0 heteroatoms. The lowest BCUT2D eigenvalue weighted by Crippen LogP contribution is -2.26. The van der Waals surface area contributed by atoms with Crippen LogP contribution in [0.3, 0.4) is 0 Å². The van der Waals surface area contributed by atoms with Gasteiger partial charge in [0.05, 0.1) is 0 Å². The molecular weight excluding hydrogens is 360 g/mol. The van der Waals surface area contributed by atoms with Gasteiger partial charge in [-0.05, 0) is 93.8 Å². The van der Waals surface area contributed by atoms with Crippen LogP contribution in [0.1, 0.15) is 142 Å². The van der Waals surface area contributed by atoms with E-state index in [2.05, 4.69) is 26.0 Å². The van der Waals surface area contributed by atoms with Gasteiger partial charge >= 0.3 is 0 Å². The van der Waals surface area contributed by atoms with Crippen LogP contribution in [0.5, 0.6) is 0 Å². The Morgan fingerprint density at radius 2 is 0.933 bits per heavy atom. The maximum Gasteiger partial charge on any atom is -0.0233 e. The molecule has 0 amide bonds. The van der Waals surface area contributed by atoms with E-state index in [1.54, 1.807) is 57.8 Å². The van der Waals surface area contributed by atoms with Gasteiger partial charge < -0.3 is 0 Å². The van der Waals surface area contributed by atoms with Gasteiger partial charge in [-0.3, -0.25) is 0 Å². The number of unbranched alkanes of at least 4 members (excludes halogenated alkanes) is 3. The molecule has 0 N–H and O–H groups in total. The van der Waals surface area contributed by atoms with Gasteiger partial charge in [0.1, 0.15) is 0 Å². The highest BCUT2D eigenvalue weighted by Gasteiger charge is 2.30. The monoisotopic (exact) mass is 414 g/mol. The molecule has 0 saturated heterocycles. The van der Waals surface area contributed by atoms with Crippen molar-refractivity contribution >= 4 is 0 Å². The fraction of sp³-hybridized carbons (Fsp3) is 0.933. The molecule has 0 aromatic heterocycles. The lowest BCUT2D eigenvalue weighted by molar-refractivity contribution is 0.139. The van der Waals surface area contributed by atoms with E-state index >= 15 is 0 Å².